The second-order valence-corrected chi connectivity index (χ2v) is 6.06. The minimum Gasteiger partial charge on any atom is -0.452 e. The molecule has 0 spiro atoms. The molecule has 25 heavy (non-hydrogen) atoms. The average Bonchev–Trinajstić information content (AvgIpc) is 2.95. The van der Waals surface area contributed by atoms with Crippen LogP contribution in [0.2, 0.25) is 0 Å². The minimum atomic E-state index is -1.56. The molecule has 1 aromatic carbocycles. The fourth-order valence-corrected chi connectivity index (χ4v) is 3.53. The van der Waals surface area contributed by atoms with Gasteiger partial charge in [0, 0.05) is 19.4 Å². The third-order valence-corrected chi connectivity index (χ3v) is 4.49. The van der Waals surface area contributed by atoms with Gasteiger partial charge in [0.05, 0.1) is 11.3 Å². The van der Waals surface area contributed by atoms with Gasteiger partial charge in [-0.25, -0.2) is 4.79 Å². The van der Waals surface area contributed by atoms with E-state index < -0.39 is 24.1 Å². The summed E-state index contributed by atoms with van der Waals surface area (Å²) in [7, 11) is 0. The van der Waals surface area contributed by atoms with Crippen molar-refractivity contribution in [2.75, 3.05) is 18.1 Å². The van der Waals surface area contributed by atoms with Gasteiger partial charge in [0.1, 0.15) is 0 Å². The smallest absolute Gasteiger partial charge is 0.354 e. The van der Waals surface area contributed by atoms with E-state index in [-0.39, 0.29) is 31.2 Å². The number of anilines is 1. The van der Waals surface area contributed by atoms with Crippen molar-refractivity contribution in [1.29, 1.82) is 0 Å². The first kappa shape index (κ1) is 16.9. The predicted octanol–water partition coefficient (Wildman–Crippen LogP) is 0.404. The third-order valence-electron chi connectivity index (χ3n) is 4.49. The van der Waals surface area contributed by atoms with Crippen molar-refractivity contribution in [2.24, 2.45) is 5.73 Å². The van der Waals surface area contributed by atoms with Gasteiger partial charge in [-0.15, -0.1) is 0 Å². The molecule has 3 rings (SSSR count). The highest BCUT2D eigenvalue weighted by Crippen LogP contribution is 2.45. The van der Waals surface area contributed by atoms with Crippen molar-refractivity contribution < 1.29 is 23.9 Å². The van der Waals surface area contributed by atoms with Crippen LogP contribution in [0.5, 0.6) is 0 Å². The van der Waals surface area contributed by atoms with Crippen molar-refractivity contribution >= 4 is 29.4 Å². The van der Waals surface area contributed by atoms with Crippen molar-refractivity contribution in [2.45, 2.75) is 31.8 Å². The van der Waals surface area contributed by atoms with Crippen molar-refractivity contribution in [3.8, 4) is 0 Å². The summed E-state index contributed by atoms with van der Waals surface area (Å²) in [5.74, 6) is -2.21. The molecule has 1 atom stereocenters. The number of primary amides is 1. The van der Waals surface area contributed by atoms with Crippen LogP contribution in [0.25, 0.3) is 0 Å². The molecule has 8 heteroatoms. The van der Waals surface area contributed by atoms with E-state index in [4.69, 9.17) is 10.5 Å². The Balaban J connectivity index is 2.14. The number of ether oxygens (including phenoxy) is 1. The average molecular weight is 345 g/mol. The van der Waals surface area contributed by atoms with E-state index in [9.17, 15) is 19.2 Å². The molecule has 132 valence electrons. The van der Waals surface area contributed by atoms with Gasteiger partial charge in [0.2, 0.25) is 11.6 Å². The first-order chi connectivity index (χ1) is 11.9. The van der Waals surface area contributed by atoms with E-state index in [1.54, 1.807) is 24.3 Å². The predicted molar refractivity (Wildman–Crippen MR) is 87.4 cm³/mol. The lowest BCUT2D eigenvalue weighted by Gasteiger charge is -2.48. The molecule has 2 heterocycles. The standard InChI is InChI=1S/C17H19N3O5/c1-2-9-19-15(23)11-5-3-4-6-12(11)20-14(22)7-8-17(19,20)16(24)25-10-13(18)21/h3-6H,2,7-10H2,1H3,(H2,18,21)/t17-/m1/s1. The molecule has 1 aromatic rings. The maximum Gasteiger partial charge on any atom is 0.354 e. The third kappa shape index (κ3) is 2.45. The molecular weight excluding hydrogens is 326 g/mol. The first-order valence-electron chi connectivity index (χ1n) is 8.13. The van der Waals surface area contributed by atoms with E-state index in [0.29, 0.717) is 17.7 Å². The number of rotatable bonds is 5. The van der Waals surface area contributed by atoms with E-state index in [1.807, 2.05) is 6.92 Å². The Morgan fingerprint density at radius 2 is 2.00 bits per heavy atom. The molecule has 0 aromatic heterocycles. The lowest BCUT2D eigenvalue weighted by atomic mass is 9.96. The Bertz CT molecular complexity index is 762. The van der Waals surface area contributed by atoms with Gasteiger partial charge in [-0.05, 0) is 18.6 Å². The number of fused-ring (bicyclic) bond motifs is 3. The monoisotopic (exact) mass is 345 g/mol. The number of carbonyl (C=O) groups is 4. The quantitative estimate of drug-likeness (QED) is 0.777. The molecule has 0 bridgehead atoms. The van der Waals surface area contributed by atoms with Gasteiger partial charge < -0.3 is 15.4 Å². The lowest BCUT2D eigenvalue weighted by molar-refractivity contribution is -0.159. The Hall–Kier alpha value is -2.90. The summed E-state index contributed by atoms with van der Waals surface area (Å²) in [5.41, 5.74) is 4.24. The summed E-state index contributed by atoms with van der Waals surface area (Å²) in [6, 6.07) is 6.67. The van der Waals surface area contributed by atoms with Crippen LogP contribution in [-0.2, 0) is 19.1 Å². The zero-order chi connectivity index (χ0) is 18.2. The number of hydrogen-bond donors (Lipinski definition) is 1. The Kier molecular flexibility index (Phi) is 4.20. The van der Waals surface area contributed by atoms with Crippen LogP contribution in [-0.4, -0.2) is 47.4 Å². The van der Waals surface area contributed by atoms with E-state index in [1.165, 1.54) is 9.80 Å². The molecule has 0 unspecified atom stereocenters. The van der Waals surface area contributed by atoms with Crippen molar-refractivity contribution in [3.63, 3.8) is 0 Å². The van der Waals surface area contributed by atoms with Crippen LogP contribution in [0, 0.1) is 0 Å². The highest BCUT2D eigenvalue weighted by Gasteiger charge is 2.61. The molecule has 3 amide bonds. The second-order valence-electron chi connectivity index (χ2n) is 6.06. The zero-order valence-corrected chi connectivity index (χ0v) is 13.9. The number of nitrogens with two attached hydrogens (primary N) is 1. The number of para-hydroxylation sites is 1. The Morgan fingerprint density at radius 3 is 2.68 bits per heavy atom. The van der Waals surface area contributed by atoms with Gasteiger partial charge >= 0.3 is 5.97 Å². The van der Waals surface area contributed by atoms with Crippen LogP contribution < -0.4 is 10.6 Å². The molecule has 0 aliphatic carbocycles. The van der Waals surface area contributed by atoms with Gasteiger partial charge in [-0.3, -0.25) is 19.3 Å². The van der Waals surface area contributed by atoms with Gasteiger partial charge in [-0.2, -0.15) is 0 Å². The zero-order valence-electron chi connectivity index (χ0n) is 13.9. The largest absolute Gasteiger partial charge is 0.452 e. The topological polar surface area (TPSA) is 110 Å². The maximum atomic E-state index is 13.0. The summed E-state index contributed by atoms with van der Waals surface area (Å²) in [6.45, 7) is 1.55. The van der Waals surface area contributed by atoms with Gasteiger partial charge in [0.15, 0.2) is 6.61 Å². The molecule has 8 nitrogen and oxygen atoms in total. The van der Waals surface area contributed by atoms with Crippen molar-refractivity contribution in [1.82, 2.24) is 4.90 Å². The Labute approximate surface area is 144 Å². The highest BCUT2D eigenvalue weighted by molar-refractivity contribution is 6.15. The molecule has 2 aliphatic heterocycles. The second kappa shape index (κ2) is 6.19. The first-order valence-corrected chi connectivity index (χ1v) is 8.13. The van der Waals surface area contributed by atoms with Crippen LogP contribution >= 0.6 is 0 Å². The highest BCUT2D eigenvalue weighted by atomic mass is 16.5. The molecular formula is C17H19N3O5. The molecule has 2 aliphatic rings. The summed E-state index contributed by atoms with van der Waals surface area (Å²) in [4.78, 5) is 52.1. The van der Waals surface area contributed by atoms with Crippen LogP contribution in [0.1, 0.15) is 36.5 Å². The maximum absolute atomic E-state index is 13.0. The molecule has 1 saturated heterocycles. The fourth-order valence-electron chi connectivity index (χ4n) is 3.53. The number of nitrogens with zero attached hydrogens (tertiary/aromatic N) is 2. The SMILES string of the molecule is CCCN1C(=O)c2ccccc2N2C(=O)CC[C@@]12C(=O)OCC(N)=O. The minimum absolute atomic E-state index is 0.105. The number of hydrogen-bond acceptors (Lipinski definition) is 5. The molecule has 2 N–H and O–H groups in total. The number of carbonyl (C=O) groups excluding carboxylic acids is 4. The summed E-state index contributed by atoms with van der Waals surface area (Å²) in [6.07, 6.45) is 0.817. The van der Waals surface area contributed by atoms with E-state index >= 15 is 0 Å². The summed E-state index contributed by atoms with van der Waals surface area (Å²) < 4.78 is 5.03. The Morgan fingerprint density at radius 1 is 1.28 bits per heavy atom. The van der Waals surface area contributed by atoms with E-state index in [0.717, 1.165) is 0 Å². The molecule has 0 radical (unpaired) electrons. The number of amides is 3. The van der Waals surface area contributed by atoms with E-state index in [2.05, 4.69) is 0 Å². The summed E-state index contributed by atoms with van der Waals surface area (Å²) in [5, 5.41) is 0. The van der Waals surface area contributed by atoms with Crippen molar-refractivity contribution in [3.05, 3.63) is 29.8 Å². The lowest BCUT2D eigenvalue weighted by Crippen LogP contribution is -2.68. The normalized spacial score (nSPS) is 21.8. The van der Waals surface area contributed by atoms with Crippen LogP contribution in [0.4, 0.5) is 5.69 Å². The number of benzene rings is 1. The van der Waals surface area contributed by atoms with Gasteiger partial charge in [-0.1, -0.05) is 19.1 Å². The van der Waals surface area contributed by atoms with Crippen LogP contribution in [0.3, 0.4) is 0 Å². The van der Waals surface area contributed by atoms with Gasteiger partial charge in [0.25, 0.3) is 11.8 Å². The summed E-state index contributed by atoms with van der Waals surface area (Å²) >= 11 is 0. The molecule has 1 fully saturated rings. The molecule has 0 saturated carbocycles. The van der Waals surface area contributed by atoms with Crippen LogP contribution in [0.15, 0.2) is 24.3 Å². The number of esters is 1. The fraction of sp³-hybridized carbons (Fsp3) is 0.412.